The smallest absolute Gasteiger partial charge is 0.270 e. The van der Waals surface area contributed by atoms with Crippen LogP contribution in [0.3, 0.4) is 0 Å². The molecule has 25 heavy (non-hydrogen) atoms. The molecule has 0 saturated heterocycles. The molecule has 2 aromatic heterocycles. The fraction of sp³-hybridized carbons (Fsp3) is 0.133. The van der Waals surface area contributed by atoms with E-state index in [0.29, 0.717) is 16.4 Å². The molecule has 1 amide bonds. The molecule has 128 valence electrons. The van der Waals surface area contributed by atoms with Gasteiger partial charge in [-0.1, -0.05) is 23.9 Å². The van der Waals surface area contributed by atoms with Crippen molar-refractivity contribution in [3.05, 3.63) is 51.3 Å². The first-order valence-corrected chi connectivity index (χ1v) is 9.74. The van der Waals surface area contributed by atoms with Gasteiger partial charge in [0.25, 0.3) is 5.69 Å². The number of carbonyl (C=O) groups is 1. The number of thioether (sulfide) groups is 1. The van der Waals surface area contributed by atoms with Gasteiger partial charge in [0.15, 0.2) is 9.47 Å². The first-order chi connectivity index (χ1) is 12.0. The Labute approximate surface area is 155 Å². The average molecular weight is 392 g/mol. The molecule has 3 aromatic rings. The van der Waals surface area contributed by atoms with Crippen LogP contribution in [0.4, 0.5) is 10.8 Å². The van der Waals surface area contributed by atoms with E-state index in [9.17, 15) is 14.9 Å². The van der Waals surface area contributed by atoms with Crippen LogP contribution in [-0.2, 0) is 4.79 Å². The van der Waals surface area contributed by atoms with Gasteiger partial charge in [-0.2, -0.15) is 0 Å². The average Bonchev–Trinajstić information content (AvgIpc) is 3.27. The Bertz CT molecular complexity index is 895. The van der Waals surface area contributed by atoms with Crippen molar-refractivity contribution in [3.8, 4) is 11.3 Å². The summed E-state index contributed by atoms with van der Waals surface area (Å²) in [4.78, 5) is 31.2. The zero-order valence-corrected chi connectivity index (χ0v) is 15.4. The number of non-ortho nitro benzene ring substituents is 1. The van der Waals surface area contributed by atoms with E-state index in [1.165, 1.54) is 46.6 Å². The minimum atomic E-state index is -0.448. The molecule has 0 radical (unpaired) electrons. The van der Waals surface area contributed by atoms with Gasteiger partial charge in [-0.05, 0) is 6.92 Å². The van der Waals surface area contributed by atoms with Gasteiger partial charge in [-0.3, -0.25) is 14.9 Å². The minimum absolute atomic E-state index is 0.00422. The lowest BCUT2D eigenvalue weighted by Crippen LogP contribution is -2.22. The summed E-state index contributed by atoms with van der Waals surface area (Å²) in [6, 6.07) is 6.24. The van der Waals surface area contributed by atoms with E-state index >= 15 is 0 Å². The van der Waals surface area contributed by atoms with Crippen LogP contribution in [0.25, 0.3) is 11.3 Å². The van der Waals surface area contributed by atoms with Crippen molar-refractivity contribution in [2.75, 3.05) is 5.32 Å². The fourth-order valence-corrected chi connectivity index (χ4v) is 4.42. The molecule has 3 rings (SSSR count). The second-order valence-electron chi connectivity index (χ2n) is 4.89. The summed E-state index contributed by atoms with van der Waals surface area (Å²) in [5, 5.41) is 17.4. The highest BCUT2D eigenvalue weighted by Gasteiger charge is 2.17. The number of nitrogens with zero attached hydrogens (tertiary/aromatic N) is 3. The molecule has 10 heteroatoms. The number of carbonyl (C=O) groups excluding carboxylic acids is 1. The molecule has 2 heterocycles. The molecule has 0 spiro atoms. The van der Waals surface area contributed by atoms with Crippen molar-refractivity contribution in [1.29, 1.82) is 0 Å². The van der Waals surface area contributed by atoms with Crippen molar-refractivity contribution in [3.63, 3.8) is 0 Å². The van der Waals surface area contributed by atoms with E-state index in [2.05, 4.69) is 15.3 Å². The maximum atomic E-state index is 12.3. The quantitative estimate of drug-likeness (QED) is 0.382. The summed E-state index contributed by atoms with van der Waals surface area (Å²) < 4.78 is 0.832. The van der Waals surface area contributed by atoms with Crippen molar-refractivity contribution < 1.29 is 9.72 Å². The monoisotopic (exact) mass is 392 g/mol. The standard InChI is InChI=1S/C15H12N4O3S3/c1-9(25-15-16-5-6-23-15)13(20)18-14-17-12(8-24-14)10-3-2-4-11(7-10)19(21)22/h2-9H,1H3,(H,17,18,20). The third-order valence-electron chi connectivity index (χ3n) is 3.14. The Hall–Kier alpha value is -2.30. The number of nitro groups is 1. The zero-order valence-electron chi connectivity index (χ0n) is 12.9. The number of nitrogens with one attached hydrogen (secondary N) is 1. The van der Waals surface area contributed by atoms with Crippen molar-refractivity contribution in [2.24, 2.45) is 0 Å². The molecule has 0 aliphatic carbocycles. The van der Waals surface area contributed by atoms with Gasteiger partial charge < -0.3 is 5.32 Å². The first-order valence-electron chi connectivity index (χ1n) is 7.10. The summed E-state index contributed by atoms with van der Waals surface area (Å²) >= 11 is 4.14. The van der Waals surface area contributed by atoms with Crippen LogP contribution in [0.5, 0.6) is 0 Å². The molecule has 0 aliphatic rings. The highest BCUT2D eigenvalue weighted by Crippen LogP contribution is 2.29. The molecule has 7 nitrogen and oxygen atoms in total. The normalized spacial score (nSPS) is 11.9. The van der Waals surface area contributed by atoms with E-state index < -0.39 is 4.92 Å². The van der Waals surface area contributed by atoms with E-state index in [4.69, 9.17) is 0 Å². The largest absolute Gasteiger partial charge is 0.301 e. The van der Waals surface area contributed by atoms with E-state index in [1.54, 1.807) is 30.6 Å². The van der Waals surface area contributed by atoms with Crippen LogP contribution in [-0.4, -0.2) is 26.0 Å². The molecule has 1 unspecified atom stereocenters. The minimum Gasteiger partial charge on any atom is -0.301 e. The van der Waals surface area contributed by atoms with Crippen LogP contribution in [0.15, 0.2) is 45.6 Å². The van der Waals surface area contributed by atoms with Crippen LogP contribution >= 0.6 is 34.4 Å². The SMILES string of the molecule is CC(Sc1nccs1)C(=O)Nc1nc(-c2cccc([N+](=O)[O-])c2)cs1. The lowest BCUT2D eigenvalue weighted by Gasteiger charge is -2.08. The van der Waals surface area contributed by atoms with Crippen molar-refractivity contribution >= 4 is 51.2 Å². The molecular formula is C15H12N4O3S3. The second kappa shape index (κ2) is 7.72. The van der Waals surface area contributed by atoms with Gasteiger partial charge in [-0.25, -0.2) is 9.97 Å². The highest BCUT2D eigenvalue weighted by atomic mass is 32.2. The maximum absolute atomic E-state index is 12.3. The van der Waals surface area contributed by atoms with Gasteiger partial charge in [0.05, 0.1) is 15.9 Å². The Balaban J connectivity index is 1.68. The number of hydrogen-bond donors (Lipinski definition) is 1. The summed E-state index contributed by atoms with van der Waals surface area (Å²) in [6.07, 6.45) is 1.70. The van der Waals surface area contributed by atoms with Crippen molar-refractivity contribution in [2.45, 2.75) is 16.5 Å². The Kier molecular flexibility index (Phi) is 5.41. The van der Waals surface area contributed by atoms with Gasteiger partial charge in [0, 0.05) is 34.7 Å². The van der Waals surface area contributed by atoms with E-state index in [-0.39, 0.29) is 16.8 Å². The highest BCUT2D eigenvalue weighted by molar-refractivity contribution is 8.02. The number of thiazole rings is 2. The number of aromatic nitrogens is 2. The molecule has 1 aromatic carbocycles. The van der Waals surface area contributed by atoms with E-state index in [1.807, 2.05) is 5.38 Å². The van der Waals surface area contributed by atoms with Gasteiger partial charge >= 0.3 is 0 Å². The maximum Gasteiger partial charge on any atom is 0.270 e. The topological polar surface area (TPSA) is 98.0 Å². The number of rotatable bonds is 6. The molecule has 0 saturated carbocycles. The Morgan fingerprint density at radius 3 is 2.96 bits per heavy atom. The van der Waals surface area contributed by atoms with E-state index in [0.717, 1.165) is 4.34 Å². The number of amides is 1. The molecule has 0 fully saturated rings. The molecule has 1 N–H and O–H groups in total. The summed E-state index contributed by atoms with van der Waals surface area (Å²) in [5.74, 6) is -0.167. The predicted octanol–water partition coefficient (Wildman–Crippen LogP) is 4.29. The fourth-order valence-electron chi connectivity index (χ4n) is 1.92. The van der Waals surface area contributed by atoms with Crippen LogP contribution in [0.1, 0.15) is 6.92 Å². The molecule has 1 atom stereocenters. The van der Waals surface area contributed by atoms with Crippen LogP contribution < -0.4 is 5.32 Å². The molecular weight excluding hydrogens is 380 g/mol. The number of anilines is 1. The van der Waals surface area contributed by atoms with Crippen LogP contribution in [0.2, 0.25) is 0 Å². The summed E-state index contributed by atoms with van der Waals surface area (Å²) in [6.45, 7) is 1.80. The van der Waals surface area contributed by atoms with Gasteiger partial charge in [-0.15, -0.1) is 22.7 Å². The lowest BCUT2D eigenvalue weighted by molar-refractivity contribution is -0.384. The zero-order chi connectivity index (χ0) is 17.8. The molecule has 0 aliphatic heterocycles. The second-order valence-corrected chi connectivity index (χ2v) is 8.23. The number of hydrogen-bond acceptors (Lipinski definition) is 8. The third kappa shape index (κ3) is 4.41. The lowest BCUT2D eigenvalue weighted by atomic mass is 10.1. The third-order valence-corrected chi connectivity index (χ3v) is 5.92. The van der Waals surface area contributed by atoms with Gasteiger partial charge in [0.1, 0.15) is 0 Å². The predicted molar refractivity (Wildman–Crippen MR) is 100 cm³/mol. The Morgan fingerprint density at radius 2 is 2.24 bits per heavy atom. The summed E-state index contributed by atoms with van der Waals surface area (Å²) in [7, 11) is 0. The Morgan fingerprint density at radius 1 is 1.40 bits per heavy atom. The number of benzene rings is 1. The number of nitro benzene ring substituents is 1. The summed E-state index contributed by atoms with van der Waals surface area (Å²) in [5.41, 5.74) is 1.23. The van der Waals surface area contributed by atoms with Crippen LogP contribution in [0, 0.1) is 10.1 Å². The molecule has 0 bridgehead atoms. The van der Waals surface area contributed by atoms with Crippen molar-refractivity contribution in [1.82, 2.24) is 9.97 Å². The first kappa shape index (κ1) is 17.5. The van der Waals surface area contributed by atoms with Gasteiger partial charge in [0.2, 0.25) is 5.91 Å².